The molecule has 220 valence electrons. The molecular weight excluding hydrogens is 609 g/mol. The van der Waals surface area contributed by atoms with Crippen LogP contribution in [-0.4, -0.2) is 85.6 Å². The third-order valence-electron chi connectivity index (χ3n) is 6.30. The molecule has 42 heavy (non-hydrogen) atoms. The number of carbonyl (C=O) groups is 4. The van der Waals surface area contributed by atoms with Gasteiger partial charge >= 0.3 is 12.1 Å². The van der Waals surface area contributed by atoms with Gasteiger partial charge in [-0.15, -0.1) is 23.1 Å². The van der Waals surface area contributed by atoms with Gasteiger partial charge in [0.1, 0.15) is 55.5 Å². The first-order valence-corrected chi connectivity index (χ1v) is 15.2. The molecule has 1 saturated heterocycles. The van der Waals surface area contributed by atoms with E-state index in [0.29, 0.717) is 17.1 Å². The molecule has 5 heterocycles. The number of thiazole rings is 1. The van der Waals surface area contributed by atoms with Crippen molar-refractivity contribution in [2.45, 2.75) is 23.0 Å². The fourth-order valence-electron chi connectivity index (χ4n) is 4.55. The van der Waals surface area contributed by atoms with Crippen LogP contribution in [0.5, 0.6) is 0 Å². The minimum absolute atomic E-state index is 0.103. The zero-order valence-corrected chi connectivity index (χ0v) is 24.4. The number of carboxylic acids is 1. The van der Waals surface area contributed by atoms with E-state index in [1.54, 1.807) is 0 Å². The van der Waals surface area contributed by atoms with Crippen molar-refractivity contribution in [1.82, 2.24) is 19.6 Å². The number of nitrogens with one attached hydrogen (secondary N) is 1. The van der Waals surface area contributed by atoms with Crippen LogP contribution in [0.15, 0.2) is 57.4 Å². The van der Waals surface area contributed by atoms with Crippen LogP contribution in [0.2, 0.25) is 0 Å². The Labute approximate surface area is 250 Å². The van der Waals surface area contributed by atoms with Crippen LogP contribution >= 0.6 is 34.9 Å². The number of nitrogens with zero attached hydrogens (tertiary/aromatic N) is 5. The minimum atomic E-state index is -1.23. The number of nitrogen functional groups attached to an aromatic ring is 1. The van der Waals surface area contributed by atoms with E-state index in [0.717, 1.165) is 22.0 Å². The SMILES string of the molecule is CO/N=C(\C(=O)N[C@@H]1C(=O)N2C(C(=O)O)=C(C[n+]3ccn4c(SCCOC(N)=O)cccc43)CS[C@H]12)c1csc(N)n1. The number of nitrogens with two attached hydrogens (primary N) is 2. The summed E-state index contributed by atoms with van der Waals surface area (Å²) in [6.45, 7) is 0.393. The largest absolute Gasteiger partial charge is 0.477 e. The Bertz CT molecular complexity index is 1630. The van der Waals surface area contributed by atoms with Crippen LogP contribution in [-0.2, 0) is 30.5 Å². The van der Waals surface area contributed by atoms with Crippen molar-refractivity contribution in [3.8, 4) is 0 Å². The Morgan fingerprint density at radius 1 is 1.36 bits per heavy atom. The monoisotopic (exact) mass is 633 g/mol. The highest BCUT2D eigenvalue weighted by Gasteiger charge is 2.54. The Morgan fingerprint density at radius 3 is 2.86 bits per heavy atom. The number of ether oxygens (including phenoxy) is 1. The molecule has 0 aromatic carbocycles. The van der Waals surface area contributed by atoms with Crippen LogP contribution in [0.1, 0.15) is 5.69 Å². The Kier molecular flexibility index (Phi) is 8.55. The van der Waals surface area contributed by atoms with Crippen molar-refractivity contribution >= 4 is 75.2 Å². The molecule has 3 aromatic rings. The lowest BCUT2D eigenvalue weighted by Gasteiger charge is -2.49. The number of aromatic nitrogens is 3. The molecular formula is C24H25N8O7S3+. The number of thioether (sulfide) groups is 2. The number of primary amides is 1. The molecule has 0 bridgehead atoms. The van der Waals surface area contributed by atoms with E-state index >= 15 is 0 Å². The van der Waals surface area contributed by atoms with E-state index in [-0.39, 0.29) is 35.4 Å². The molecule has 0 aliphatic carbocycles. The Balaban J connectivity index is 1.32. The highest BCUT2D eigenvalue weighted by Crippen LogP contribution is 2.40. The van der Waals surface area contributed by atoms with E-state index in [4.69, 9.17) is 21.0 Å². The van der Waals surface area contributed by atoms with Crippen LogP contribution in [0, 0.1) is 0 Å². The number of carbonyl (C=O) groups excluding carboxylic acids is 3. The van der Waals surface area contributed by atoms with Gasteiger partial charge in [-0.3, -0.25) is 14.5 Å². The van der Waals surface area contributed by atoms with Gasteiger partial charge in [0.2, 0.25) is 0 Å². The van der Waals surface area contributed by atoms with Gasteiger partial charge < -0.3 is 31.5 Å². The van der Waals surface area contributed by atoms with Crippen LogP contribution in [0.25, 0.3) is 5.65 Å². The molecule has 15 nitrogen and oxygen atoms in total. The number of pyridine rings is 1. The molecule has 0 saturated carbocycles. The summed E-state index contributed by atoms with van der Waals surface area (Å²) in [5.41, 5.74) is 12.0. The molecule has 0 unspecified atom stereocenters. The maximum atomic E-state index is 13.2. The van der Waals surface area contributed by atoms with Crippen molar-refractivity contribution in [3.63, 3.8) is 0 Å². The van der Waals surface area contributed by atoms with E-state index in [1.807, 2.05) is 39.6 Å². The average molecular weight is 634 g/mol. The van der Waals surface area contributed by atoms with Crippen molar-refractivity contribution in [1.29, 1.82) is 0 Å². The minimum Gasteiger partial charge on any atom is -0.477 e. The molecule has 1 fully saturated rings. The summed E-state index contributed by atoms with van der Waals surface area (Å²) in [4.78, 5) is 59.4. The number of rotatable bonds is 11. The lowest BCUT2D eigenvalue weighted by Crippen LogP contribution is -2.71. The average Bonchev–Trinajstić information content (AvgIpc) is 3.58. The highest BCUT2D eigenvalue weighted by molar-refractivity contribution is 8.00. The topological polar surface area (TPSA) is 208 Å². The van der Waals surface area contributed by atoms with Crippen molar-refractivity contribution in [3.05, 3.63) is 52.9 Å². The molecule has 18 heteroatoms. The number of amides is 3. The Morgan fingerprint density at radius 2 is 2.17 bits per heavy atom. The maximum absolute atomic E-state index is 13.2. The summed E-state index contributed by atoms with van der Waals surface area (Å²) in [7, 11) is 1.27. The summed E-state index contributed by atoms with van der Waals surface area (Å²) in [6.07, 6.45) is 2.84. The summed E-state index contributed by atoms with van der Waals surface area (Å²) < 4.78 is 8.61. The second-order valence-corrected chi connectivity index (χ2v) is 12.0. The molecule has 0 spiro atoms. The predicted octanol–water partition coefficient (Wildman–Crippen LogP) is 0.242. The number of carboxylic acid groups (broad SMARTS) is 1. The van der Waals surface area contributed by atoms with Gasteiger partial charge in [-0.05, 0) is 12.1 Å². The molecule has 3 aromatic heterocycles. The molecule has 6 N–H and O–H groups in total. The van der Waals surface area contributed by atoms with Crippen LogP contribution < -0.4 is 21.4 Å². The van der Waals surface area contributed by atoms with Crippen molar-refractivity contribution in [2.75, 3.05) is 31.0 Å². The number of imidazole rings is 1. The van der Waals surface area contributed by atoms with Gasteiger partial charge in [-0.25, -0.2) is 19.1 Å². The first-order valence-electron chi connectivity index (χ1n) is 12.3. The first-order chi connectivity index (χ1) is 20.2. The summed E-state index contributed by atoms with van der Waals surface area (Å²) in [5, 5.41) is 18.5. The van der Waals surface area contributed by atoms with Crippen LogP contribution in [0.3, 0.4) is 0 Å². The standard InChI is InChI=1S/C24H24N8O7S3/c1-38-29-16(13-11-42-23(25)27-13)19(33)28-17-20(34)32-18(22(35)36)12(10-41-21(17)32)9-30-5-6-31-14(30)3-2-4-15(31)40-8-7-39-24(26)37/h2-6,11,17,21H,7-10H2,1H3,(H5-,25,26,27,28,33,35,36,37)/p+1/b29-16-/t17-,21-/m1/s1. The van der Waals surface area contributed by atoms with Crippen LogP contribution in [0.4, 0.5) is 9.93 Å². The molecule has 2 aliphatic heterocycles. The fourth-order valence-corrected chi connectivity index (χ4v) is 7.28. The molecule has 0 radical (unpaired) electrons. The molecule has 5 rings (SSSR count). The highest BCUT2D eigenvalue weighted by atomic mass is 32.2. The number of oxime groups is 1. The molecule has 2 atom stereocenters. The number of hydrogen-bond donors (Lipinski definition) is 4. The van der Waals surface area contributed by atoms with E-state index in [9.17, 15) is 24.3 Å². The Hall–Kier alpha value is -4.29. The predicted molar refractivity (Wildman–Crippen MR) is 154 cm³/mol. The van der Waals surface area contributed by atoms with E-state index in [1.165, 1.54) is 40.9 Å². The number of fused-ring (bicyclic) bond motifs is 2. The van der Waals surface area contributed by atoms with Gasteiger partial charge in [0.25, 0.3) is 17.5 Å². The normalized spacial score (nSPS) is 18.5. The van der Waals surface area contributed by atoms with Crippen molar-refractivity contribution in [2.24, 2.45) is 10.9 Å². The van der Waals surface area contributed by atoms with E-state index in [2.05, 4.69) is 15.5 Å². The van der Waals surface area contributed by atoms with E-state index < -0.39 is 35.3 Å². The molecule has 3 amide bonds. The summed E-state index contributed by atoms with van der Waals surface area (Å²) in [6, 6.07) is 4.71. The lowest BCUT2D eigenvalue weighted by atomic mass is 10.0. The zero-order valence-electron chi connectivity index (χ0n) is 22.0. The lowest BCUT2D eigenvalue weighted by molar-refractivity contribution is -0.662. The quantitative estimate of drug-likeness (QED) is 0.0562. The third-order valence-corrected chi connectivity index (χ3v) is 9.31. The van der Waals surface area contributed by atoms with Gasteiger partial charge in [-0.1, -0.05) is 16.9 Å². The van der Waals surface area contributed by atoms with Gasteiger partial charge in [-0.2, -0.15) is 4.40 Å². The van der Waals surface area contributed by atoms with Gasteiger partial charge in [0.05, 0.1) is 0 Å². The zero-order chi connectivity index (χ0) is 30.0. The second kappa shape index (κ2) is 12.3. The second-order valence-electron chi connectivity index (χ2n) is 8.85. The third kappa shape index (κ3) is 5.72. The number of hydrogen-bond acceptors (Lipinski definition) is 12. The number of anilines is 1. The fraction of sp³-hybridized carbons (Fsp3) is 0.292. The van der Waals surface area contributed by atoms with Gasteiger partial charge in [0.15, 0.2) is 15.9 Å². The smallest absolute Gasteiger partial charge is 0.404 e. The number of β-lactam (4-membered cyclic amide) rings is 1. The van der Waals surface area contributed by atoms with Crippen molar-refractivity contribution < 1.29 is 38.4 Å². The first kappa shape index (κ1) is 29.2. The summed E-state index contributed by atoms with van der Waals surface area (Å²) in [5.74, 6) is -1.65. The molecule has 2 aliphatic rings. The van der Waals surface area contributed by atoms with Gasteiger partial charge in [0, 0.05) is 28.5 Å². The summed E-state index contributed by atoms with van der Waals surface area (Å²) >= 11 is 3.95. The maximum Gasteiger partial charge on any atom is 0.404 e. The number of aliphatic carboxylic acids is 1.